The number of esters is 1. The van der Waals surface area contributed by atoms with Crippen LogP contribution in [0.4, 0.5) is 0 Å². The summed E-state index contributed by atoms with van der Waals surface area (Å²) >= 11 is 1.24. The van der Waals surface area contributed by atoms with Crippen molar-refractivity contribution in [3.63, 3.8) is 0 Å². The van der Waals surface area contributed by atoms with Crippen LogP contribution in [0.3, 0.4) is 0 Å². The Morgan fingerprint density at radius 1 is 1.00 bits per heavy atom. The van der Waals surface area contributed by atoms with E-state index in [1.807, 2.05) is 54.3 Å². The Bertz CT molecular complexity index is 1520. The summed E-state index contributed by atoms with van der Waals surface area (Å²) in [5.74, 6) is -0.513. The minimum absolute atomic E-state index is 0.00762. The highest BCUT2D eigenvalue weighted by Crippen LogP contribution is 2.28. The van der Waals surface area contributed by atoms with Gasteiger partial charge in [0.25, 0.3) is 5.56 Å². The molecule has 1 aliphatic heterocycles. The second-order valence-corrected chi connectivity index (χ2v) is 9.94. The van der Waals surface area contributed by atoms with Crippen molar-refractivity contribution in [2.24, 2.45) is 0 Å². The molecule has 0 radical (unpaired) electrons. The summed E-state index contributed by atoms with van der Waals surface area (Å²) in [5.41, 5.74) is 3.51. The van der Waals surface area contributed by atoms with Gasteiger partial charge in [-0.2, -0.15) is 0 Å². The van der Waals surface area contributed by atoms with Gasteiger partial charge in [-0.3, -0.25) is 14.2 Å². The predicted octanol–water partition coefficient (Wildman–Crippen LogP) is 4.24. The maximum Gasteiger partial charge on any atom is 0.337 e. The standard InChI is InChI=1S/C28H25N3O4S/c1-18(25(32)30-15-14-19-8-6-7-9-21(19)17-30)36-28-29-24-16-20(27(34)35-2)12-13-23(24)26(33)31(28)22-10-4-3-5-11-22/h3-13,16,18H,14-15,17H2,1-2H3. The third-order valence-electron chi connectivity index (χ3n) is 6.35. The number of benzene rings is 3. The van der Waals surface area contributed by atoms with Gasteiger partial charge in [-0.1, -0.05) is 54.2 Å². The van der Waals surface area contributed by atoms with Crippen LogP contribution in [0.2, 0.25) is 0 Å². The van der Waals surface area contributed by atoms with Gasteiger partial charge in [0.15, 0.2) is 5.16 Å². The van der Waals surface area contributed by atoms with Crippen LogP contribution in [0.15, 0.2) is 82.7 Å². The predicted molar refractivity (Wildman–Crippen MR) is 140 cm³/mol. The molecule has 0 aliphatic carbocycles. The Kier molecular flexibility index (Phi) is 6.61. The average molecular weight is 500 g/mol. The number of nitrogens with zero attached hydrogens (tertiary/aromatic N) is 3. The van der Waals surface area contributed by atoms with Crippen molar-refractivity contribution in [3.8, 4) is 5.69 Å². The SMILES string of the molecule is COC(=O)c1ccc2c(=O)n(-c3ccccc3)c(SC(C)C(=O)N3CCc4ccccc4C3)nc2c1. The monoisotopic (exact) mass is 499 g/mol. The molecule has 8 heteroatoms. The van der Waals surface area contributed by atoms with E-state index in [-0.39, 0.29) is 11.5 Å². The van der Waals surface area contributed by atoms with Gasteiger partial charge in [0, 0.05) is 13.1 Å². The van der Waals surface area contributed by atoms with Crippen molar-refractivity contribution in [3.05, 3.63) is 99.8 Å². The highest BCUT2D eigenvalue weighted by Gasteiger charge is 2.27. The highest BCUT2D eigenvalue weighted by molar-refractivity contribution is 8.00. The maximum atomic E-state index is 13.6. The maximum absolute atomic E-state index is 13.6. The summed E-state index contributed by atoms with van der Waals surface area (Å²) in [4.78, 5) is 45.7. The van der Waals surface area contributed by atoms with Crippen LogP contribution in [0.5, 0.6) is 0 Å². The lowest BCUT2D eigenvalue weighted by atomic mass is 10.00. The molecule has 5 rings (SSSR count). The van der Waals surface area contributed by atoms with E-state index in [1.165, 1.54) is 29.0 Å². The van der Waals surface area contributed by atoms with Crippen LogP contribution in [-0.2, 0) is 22.5 Å². The normalized spacial score (nSPS) is 13.8. The largest absolute Gasteiger partial charge is 0.465 e. The van der Waals surface area contributed by atoms with E-state index in [1.54, 1.807) is 18.2 Å². The molecule has 0 saturated carbocycles. The number of amides is 1. The van der Waals surface area contributed by atoms with E-state index >= 15 is 0 Å². The second-order valence-electron chi connectivity index (χ2n) is 8.63. The number of carbonyl (C=O) groups excluding carboxylic acids is 2. The van der Waals surface area contributed by atoms with Crippen LogP contribution < -0.4 is 5.56 Å². The van der Waals surface area contributed by atoms with Gasteiger partial charge < -0.3 is 9.64 Å². The molecule has 0 saturated heterocycles. The fourth-order valence-corrected chi connectivity index (χ4v) is 5.45. The Balaban J connectivity index is 1.52. The minimum Gasteiger partial charge on any atom is -0.465 e. The summed E-state index contributed by atoms with van der Waals surface area (Å²) in [6, 6.07) is 22.1. The second kappa shape index (κ2) is 9.99. The van der Waals surface area contributed by atoms with Gasteiger partial charge in [-0.25, -0.2) is 9.78 Å². The molecule has 7 nitrogen and oxygen atoms in total. The van der Waals surface area contributed by atoms with Gasteiger partial charge in [0.05, 0.1) is 34.5 Å². The molecular weight excluding hydrogens is 474 g/mol. The summed E-state index contributed by atoms with van der Waals surface area (Å²) in [6.45, 7) is 3.06. The molecule has 36 heavy (non-hydrogen) atoms. The molecule has 1 atom stereocenters. The van der Waals surface area contributed by atoms with Crippen LogP contribution in [-0.4, -0.2) is 45.2 Å². The minimum atomic E-state index is -0.505. The summed E-state index contributed by atoms with van der Waals surface area (Å²) in [5, 5.41) is 0.291. The number of fused-ring (bicyclic) bond motifs is 2. The topological polar surface area (TPSA) is 81.5 Å². The van der Waals surface area contributed by atoms with Gasteiger partial charge in [-0.15, -0.1) is 0 Å². The van der Waals surface area contributed by atoms with E-state index < -0.39 is 11.2 Å². The first-order valence-electron chi connectivity index (χ1n) is 11.7. The molecule has 1 amide bonds. The highest BCUT2D eigenvalue weighted by atomic mass is 32.2. The first-order chi connectivity index (χ1) is 17.5. The van der Waals surface area contributed by atoms with Crippen molar-refractivity contribution in [2.45, 2.75) is 30.3 Å². The smallest absolute Gasteiger partial charge is 0.337 e. The van der Waals surface area contributed by atoms with Gasteiger partial charge in [0.1, 0.15) is 0 Å². The quantitative estimate of drug-likeness (QED) is 0.232. The molecule has 0 N–H and O–H groups in total. The molecule has 0 fully saturated rings. The fraction of sp³-hybridized carbons (Fsp3) is 0.214. The molecule has 2 heterocycles. The summed E-state index contributed by atoms with van der Waals surface area (Å²) in [6.07, 6.45) is 0.818. The molecular formula is C28H25N3O4S. The van der Waals surface area contributed by atoms with Crippen molar-refractivity contribution in [1.82, 2.24) is 14.5 Å². The van der Waals surface area contributed by atoms with E-state index in [0.717, 1.165) is 12.0 Å². The molecule has 1 aliphatic rings. The number of aromatic nitrogens is 2. The number of methoxy groups -OCH3 is 1. The lowest BCUT2D eigenvalue weighted by Gasteiger charge is -2.30. The Morgan fingerprint density at radius 2 is 1.72 bits per heavy atom. The zero-order valence-corrected chi connectivity index (χ0v) is 20.8. The lowest BCUT2D eigenvalue weighted by Crippen LogP contribution is -2.40. The first-order valence-corrected chi connectivity index (χ1v) is 12.6. The number of hydrogen-bond donors (Lipinski definition) is 0. The zero-order chi connectivity index (χ0) is 25.2. The molecule has 182 valence electrons. The van der Waals surface area contributed by atoms with E-state index in [9.17, 15) is 14.4 Å². The number of carbonyl (C=O) groups is 2. The Labute approximate surface area is 212 Å². The average Bonchev–Trinajstić information content (AvgIpc) is 2.92. The Hall–Kier alpha value is -3.91. The number of para-hydroxylation sites is 1. The fourth-order valence-electron chi connectivity index (χ4n) is 4.44. The third-order valence-corrected chi connectivity index (χ3v) is 7.39. The summed E-state index contributed by atoms with van der Waals surface area (Å²) in [7, 11) is 1.31. The van der Waals surface area contributed by atoms with Crippen molar-refractivity contribution >= 4 is 34.5 Å². The van der Waals surface area contributed by atoms with Crippen molar-refractivity contribution in [2.75, 3.05) is 13.7 Å². The third kappa shape index (κ3) is 4.52. The lowest BCUT2D eigenvalue weighted by molar-refractivity contribution is -0.131. The zero-order valence-electron chi connectivity index (χ0n) is 20.0. The van der Waals surface area contributed by atoms with Gasteiger partial charge >= 0.3 is 5.97 Å². The van der Waals surface area contributed by atoms with E-state index in [4.69, 9.17) is 9.72 Å². The van der Waals surface area contributed by atoms with Gasteiger partial charge in [-0.05, 0) is 54.8 Å². The molecule has 4 aromatic rings. The van der Waals surface area contributed by atoms with Crippen LogP contribution in [0, 0.1) is 0 Å². The van der Waals surface area contributed by atoms with Gasteiger partial charge in [0.2, 0.25) is 5.91 Å². The number of hydrogen-bond acceptors (Lipinski definition) is 6. The van der Waals surface area contributed by atoms with Crippen LogP contribution in [0.25, 0.3) is 16.6 Å². The molecule has 1 aromatic heterocycles. The van der Waals surface area contributed by atoms with E-state index in [0.29, 0.717) is 40.4 Å². The van der Waals surface area contributed by atoms with Crippen molar-refractivity contribution < 1.29 is 14.3 Å². The molecule has 0 bridgehead atoms. The molecule has 1 unspecified atom stereocenters. The van der Waals surface area contributed by atoms with Crippen LogP contribution >= 0.6 is 11.8 Å². The van der Waals surface area contributed by atoms with Crippen molar-refractivity contribution in [1.29, 1.82) is 0 Å². The first kappa shape index (κ1) is 23.8. The molecule has 0 spiro atoms. The Morgan fingerprint density at radius 3 is 2.47 bits per heavy atom. The number of ether oxygens (including phenoxy) is 1. The van der Waals surface area contributed by atoms with E-state index in [2.05, 4.69) is 12.1 Å². The van der Waals surface area contributed by atoms with Crippen LogP contribution in [0.1, 0.15) is 28.4 Å². The number of rotatable bonds is 5. The molecule has 3 aromatic carbocycles. The summed E-state index contributed by atoms with van der Waals surface area (Å²) < 4.78 is 6.35. The number of thioether (sulfide) groups is 1.